The summed E-state index contributed by atoms with van der Waals surface area (Å²) in [6, 6.07) is 15.4. The first kappa shape index (κ1) is 19.4. The van der Waals surface area contributed by atoms with Gasteiger partial charge < -0.3 is 10.4 Å². The predicted octanol–water partition coefficient (Wildman–Crippen LogP) is 4.28. The molecule has 0 aliphatic heterocycles. The zero-order chi connectivity index (χ0) is 20.3. The predicted molar refractivity (Wildman–Crippen MR) is 98.0 cm³/mol. The van der Waals surface area contributed by atoms with E-state index in [0.29, 0.717) is 11.1 Å². The number of hydrogen-bond donors (Lipinski definition) is 2. The van der Waals surface area contributed by atoms with Gasteiger partial charge in [-0.2, -0.15) is 13.2 Å². The quantitative estimate of drug-likeness (QED) is 0.687. The minimum atomic E-state index is -4.46. The molecule has 0 bridgehead atoms. The van der Waals surface area contributed by atoms with Crippen molar-refractivity contribution in [2.75, 3.05) is 0 Å². The van der Waals surface area contributed by atoms with E-state index in [-0.39, 0.29) is 6.42 Å². The summed E-state index contributed by atoms with van der Waals surface area (Å²) in [6.45, 7) is 0. The van der Waals surface area contributed by atoms with E-state index in [0.717, 1.165) is 22.9 Å². The van der Waals surface area contributed by atoms with Gasteiger partial charge in [0.15, 0.2) is 0 Å². The lowest BCUT2D eigenvalue weighted by molar-refractivity contribution is -0.139. The zero-order valence-corrected chi connectivity index (χ0v) is 14.5. The highest BCUT2D eigenvalue weighted by atomic mass is 19.4. The Kier molecular flexibility index (Phi) is 5.35. The normalized spacial score (nSPS) is 12.5. The SMILES string of the molecule is O=C(N[C@H](Cc1ccc(C(F)(F)F)cc1)C(=O)O)c1ccc2ccccc2c1. The van der Waals surface area contributed by atoms with Crippen LogP contribution in [0.5, 0.6) is 0 Å². The summed E-state index contributed by atoms with van der Waals surface area (Å²) in [5.74, 6) is -1.83. The van der Waals surface area contributed by atoms with Crippen molar-refractivity contribution in [2.45, 2.75) is 18.6 Å². The van der Waals surface area contributed by atoms with Crippen LogP contribution in [0.25, 0.3) is 10.8 Å². The lowest BCUT2D eigenvalue weighted by Crippen LogP contribution is -2.42. The van der Waals surface area contributed by atoms with Gasteiger partial charge in [-0.1, -0.05) is 42.5 Å². The number of fused-ring (bicyclic) bond motifs is 1. The molecule has 0 aliphatic carbocycles. The van der Waals surface area contributed by atoms with Gasteiger partial charge in [0.25, 0.3) is 5.91 Å². The average Bonchev–Trinajstić information content (AvgIpc) is 2.66. The summed E-state index contributed by atoms with van der Waals surface area (Å²) >= 11 is 0. The molecular weight excluding hydrogens is 371 g/mol. The molecule has 1 amide bonds. The van der Waals surface area contributed by atoms with Crippen molar-refractivity contribution in [3.8, 4) is 0 Å². The highest BCUT2D eigenvalue weighted by molar-refractivity contribution is 6.00. The highest BCUT2D eigenvalue weighted by Crippen LogP contribution is 2.29. The molecule has 3 aromatic rings. The van der Waals surface area contributed by atoms with E-state index in [4.69, 9.17) is 0 Å². The zero-order valence-electron chi connectivity index (χ0n) is 14.5. The van der Waals surface area contributed by atoms with Crippen LogP contribution in [0.4, 0.5) is 13.2 Å². The van der Waals surface area contributed by atoms with E-state index < -0.39 is 29.7 Å². The van der Waals surface area contributed by atoms with Gasteiger partial charge in [0.2, 0.25) is 0 Å². The van der Waals surface area contributed by atoms with E-state index in [1.54, 1.807) is 18.2 Å². The standard InChI is InChI=1S/C21H16F3NO3/c22-21(23,24)17-9-5-13(6-10-17)11-18(20(27)28)25-19(26)16-8-7-14-3-1-2-4-15(14)12-16/h1-10,12,18H,11H2,(H,25,26)(H,27,28)/t18-/m1/s1. The van der Waals surface area contributed by atoms with Crippen LogP contribution in [0, 0.1) is 0 Å². The summed E-state index contributed by atoms with van der Waals surface area (Å²) < 4.78 is 37.9. The Hall–Kier alpha value is -3.35. The largest absolute Gasteiger partial charge is 0.480 e. The van der Waals surface area contributed by atoms with Crippen LogP contribution in [-0.4, -0.2) is 23.0 Å². The van der Waals surface area contributed by atoms with E-state index in [1.807, 2.05) is 24.3 Å². The molecule has 0 spiro atoms. The number of hydrogen-bond acceptors (Lipinski definition) is 2. The van der Waals surface area contributed by atoms with Gasteiger partial charge in [0, 0.05) is 12.0 Å². The van der Waals surface area contributed by atoms with E-state index in [1.165, 1.54) is 12.1 Å². The summed E-state index contributed by atoms with van der Waals surface area (Å²) in [6.07, 6.45) is -4.60. The van der Waals surface area contributed by atoms with Crippen LogP contribution >= 0.6 is 0 Å². The number of carboxylic acid groups (broad SMARTS) is 1. The molecule has 1 atom stereocenters. The summed E-state index contributed by atoms with van der Waals surface area (Å²) in [4.78, 5) is 24.0. The van der Waals surface area contributed by atoms with Gasteiger partial charge in [0.05, 0.1) is 5.56 Å². The maximum absolute atomic E-state index is 12.6. The maximum atomic E-state index is 12.6. The number of carboxylic acids is 1. The molecule has 3 aromatic carbocycles. The summed E-state index contributed by atoms with van der Waals surface area (Å²) in [5.41, 5.74) is -0.139. The Morgan fingerprint density at radius 1 is 0.929 bits per heavy atom. The second-order valence-electron chi connectivity index (χ2n) is 6.33. The molecule has 144 valence electrons. The molecule has 0 saturated carbocycles. The lowest BCUT2D eigenvalue weighted by Gasteiger charge is -2.15. The van der Waals surface area contributed by atoms with Gasteiger partial charge in [-0.15, -0.1) is 0 Å². The van der Waals surface area contributed by atoms with Crippen molar-refractivity contribution >= 4 is 22.6 Å². The van der Waals surface area contributed by atoms with Crippen LogP contribution in [-0.2, 0) is 17.4 Å². The molecule has 0 fully saturated rings. The molecule has 0 radical (unpaired) electrons. The first-order chi connectivity index (χ1) is 13.2. The first-order valence-electron chi connectivity index (χ1n) is 8.42. The number of aliphatic carboxylic acids is 1. The van der Waals surface area contributed by atoms with Gasteiger partial charge in [-0.25, -0.2) is 4.79 Å². The van der Waals surface area contributed by atoms with E-state index >= 15 is 0 Å². The Morgan fingerprint density at radius 3 is 2.18 bits per heavy atom. The van der Waals surface area contributed by atoms with Gasteiger partial charge in [-0.05, 0) is 40.6 Å². The number of nitrogens with one attached hydrogen (secondary N) is 1. The third-order valence-corrected chi connectivity index (χ3v) is 4.34. The first-order valence-corrected chi connectivity index (χ1v) is 8.42. The molecule has 3 rings (SSSR count). The Morgan fingerprint density at radius 2 is 1.57 bits per heavy atom. The van der Waals surface area contributed by atoms with Gasteiger partial charge in [0.1, 0.15) is 6.04 Å². The second-order valence-corrected chi connectivity index (χ2v) is 6.33. The number of alkyl halides is 3. The number of amides is 1. The van der Waals surface area contributed by atoms with Crippen molar-refractivity contribution in [3.63, 3.8) is 0 Å². The van der Waals surface area contributed by atoms with Crippen LogP contribution in [0.1, 0.15) is 21.5 Å². The van der Waals surface area contributed by atoms with Crippen molar-refractivity contribution in [3.05, 3.63) is 83.4 Å². The monoisotopic (exact) mass is 387 g/mol. The molecule has 28 heavy (non-hydrogen) atoms. The smallest absolute Gasteiger partial charge is 0.416 e. The van der Waals surface area contributed by atoms with Crippen molar-refractivity contribution < 1.29 is 27.9 Å². The average molecular weight is 387 g/mol. The Bertz CT molecular complexity index is 1010. The Balaban J connectivity index is 1.75. The second kappa shape index (κ2) is 7.72. The molecule has 4 nitrogen and oxygen atoms in total. The fourth-order valence-corrected chi connectivity index (χ4v) is 2.84. The summed E-state index contributed by atoms with van der Waals surface area (Å²) in [7, 11) is 0. The van der Waals surface area contributed by atoms with Crippen LogP contribution in [0.3, 0.4) is 0 Å². The molecule has 0 unspecified atom stereocenters. The molecule has 7 heteroatoms. The van der Waals surface area contributed by atoms with E-state index in [9.17, 15) is 27.9 Å². The fraction of sp³-hybridized carbons (Fsp3) is 0.143. The molecule has 2 N–H and O–H groups in total. The third kappa shape index (κ3) is 4.49. The van der Waals surface area contributed by atoms with Crippen LogP contribution in [0.15, 0.2) is 66.7 Å². The van der Waals surface area contributed by atoms with Crippen LogP contribution < -0.4 is 5.32 Å². The molecular formula is C21H16F3NO3. The fourth-order valence-electron chi connectivity index (χ4n) is 2.84. The minimum Gasteiger partial charge on any atom is -0.480 e. The molecule has 0 heterocycles. The summed E-state index contributed by atoms with van der Waals surface area (Å²) in [5, 5.41) is 13.6. The van der Waals surface area contributed by atoms with Gasteiger partial charge in [-0.3, -0.25) is 4.79 Å². The van der Waals surface area contributed by atoms with Gasteiger partial charge >= 0.3 is 12.1 Å². The van der Waals surface area contributed by atoms with Crippen molar-refractivity contribution in [1.29, 1.82) is 0 Å². The molecule has 0 saturated heterocycles. The van der Waals surface area contributed by atoms with Crippen LogP contribution in [0.2, 0.25) is 0 Å². The minimum absolute atomic E-state index is 0.132. The third-order valence-electron chi connectivity index (χ3n) is 4.34. The number of benzene rings is 3. The van der Waals surface area contributed by atoms with Crippen molar-refractivity contribution in [2.24, 2.45) is 0 Å². The topological polar surface area (TPSA) is 66.4 Å². The molecule has 0 aliphatic rings. The number of halogens is 3. The number of rotatable bonds is 5. The maximum Gasteiger partial charge on any atom is 0.416 e. The lowest BCUT2D eigenvalue weighted by atomic mass is 10.0. The number of carbonyl (C=O) groups is 2. The highest BCUT2D eigenvalue weighted by Gasteiger charge is 2.30. The Labute approximate surface area is 158 Å². The van der Waals surface area contributed by atoms with Crippen molar-refractivity contribution in [1.82, 2.24) is 5.32 Å². The number of carbonyl (C=O) groups excluding carboxylic acids is 1. The van der Waals surface area contributed by atoms with E-state index in [2.05, 4.69) is 5.32 Å². The molecule has 0 aromatic heterocycles.